The van der Waals surface area contributed by atoms with Gasteiger partial charge in [0.1, 0.15) is 35.0 Å². The van der Waals surface area contributed by atoms with Crippen LogP contribution >= 0.6 is 35.3 Å². The molecule has 2 atom stereocenters. The number of hydrogen-bond donors (Lipinski definition) is 2. The number of nitrogens with zero attached hydrogens (tertiary/aromatic N) is 7. The molecule has 2 aliphatic rings. The van der Waals surface area contributed by atoms with E-state index in [9.17, 15) is 19.5 Å². The SMILES string of the molecule is Cc1nnc(C(=S)C2=C(C(=O)O)N3C(=O)C(NC(=O)Cn4cnnn4)C3SC2)s1. The summed E-state index contributed by atoms with van der Waals surface area (Å²) >= 11 is 7.99. The Labute approximate surface area is 176 Å². The van der Waals surface area contributed by atoms with E-state index in [-0.39, 0.29) is 22.9 Å². The fourth-order valence-electron chi connectivity index (χ4n) is 2.93. The number of tetrazole rings is 1. The predicted molar refractivity (Wildman–Crippen MR) is 104 cm³/mol. The Kier molecular flexibility index (Phi) is 5.10. The number of fused-ring (bicyclic) bond motifs is 1. The number of aliphatic carboxylic acids is 1. The minimum absolute atomic E-state index is 0.151. The maximum Gasteiger partial charge on any atom is 0.353 e. The number of rotatable bonds is 6. The summed E-state index contributed by atoms with van der Waals surface area (Å²) in [5, 5.41) is 31.2. The molecular formula is C14H12N8O4S3. The molecule has 29 heavy (non-hydrogen) atoms. The third-order valence-electron chi connectivity index (χ3n) is 4.18. The first kappa shape index (κ1) is 19.5. The molecule has 2 aromatic heterocycles. The van der Waals surface area contributed by atoms with Crippen LogP contribution in [0.25, 0.3) is 0 Å². The van der Waals surface area contributed by atoms with Crippen molar-refractivity contribution in [2.75, 3.05) is 5.75 Å². The van der Waals surface area contributed by atoms with Crippen molar-refractivity contribution >= 4 is 58.0 Å². The van der Waals surface area contributed by atoms with Gasteiger partial charge in [0.05, 0.1) is 4.86 Å². The predicted octanol–water partition coefficient (Wildman–Crippen LogP) is -1.01. The van der Waals surface area contributed by atoms with Gasteiger partial charge in [-0.1, -0.05) is 23.6 Å². The first-order chi connectivity index (χ1) is 13.9. The molecule has 0 aromatic carbocycles. The molecule has 2 aromatic rings. The maximum absolute atomic E-state index is 12.6. The molecule has 15 heteroatoms. The molecule has 0 bridgehead atoms. The lowest BCUT2D eigenvalue weighted by molar-refractivity contribution is -0.150. The molecular weight excluding hydrogens is 440 g/mol. The quantitative estimate of drug-likeness (QED) is 0.314. The summed E-state index contributed by atoms with van der Waals surface area (Å²) in [7, 11) is 0. The van der Waals surface area contributed by atoms with Gasteiger partial charge in [-0.05, 0) is 17.4 Å². The average molecular weight is 453 g/mol. The Balaban J connectivity index is 1.54. The van der Waals surface area contributed by atoms with E-state index in [1.807, 2.05) is 0 Å². The second kappa shape index (κ2) is 7.57. The van der Waals surface area contributed by atoms with E-state index in [2.05, 4.69) is 31.0 Å². The van der Waals surface area contributed by atoms with E-state index in [4.69, 9.17) is 12.2 Å². The number of thioether (sulfide) groups is 1. The lowest BCUT2D eigenvalue weighted by Crippen LogP contribution is -2.70. The van der Waals surface area contributed by atoms with Crippen LogP contribution in [0, 0.1) is 6.92 Å². The molecule has 0 spiro atoms. The number of aromatic nitrogens is 6. The standard InChI is InChI=1S/C14H12N8O4S3/c1-5-17-18-11(29-5)10(27)6-3-28-13-8(12(24)22(13)9(6)14(25)26)16-7(23)2-21-4-15-19-20-21/h4,8,13H,2-3H2,1H3,(H,16,23)(H,25,26). The lowest BCUT2D eigenvalue weighted by atomic mass is 10.0. The van der Waals surface area contributed by atoms with E-state index >= 15 is 0 Å². The lowest BCUT2D eigenvalue weighted by Gasteiger charge is -2.49. The smallest absolute Gasteiger partial charge is 0.353 e. The van der Waals surface area contributed by atoms with E-state index in [0.717, 1.165) is 4.90 Å². The number of β-lactam (4-membered cyclic amide) rings is 1. The topological polar surface area (TPSA) is 156 Å². The summed E-state index contributed by atoms with van der Waals surface area (Å²) in [6.45, 7) is 1.62. The van der Waals surface area contributed by atoms with Gasteiger partial charge in [-0.3, -0.25) is 14.5 Å². The summed E-state index contributed by atoms with van der Waals surface area (Å²) < 4.78 is 1.22. The maximum atomic E-state index is 12.6. The Hall–Kier alpha value is -2.78. The van der Waals surface area contributed by atoms with Crippen molar-refractivity contribution in [1.29, 1.82) is 0 Å². The van der Waals surface area contributed by atoms with Gasteiger partial charge in [0, 0.05) is 11.3 Å². The Bertz CT molecular complexity index is 1050. The highest BCUT2D eigenvalue weighted by atomic mass is 32.2. The zero-order chi connectivity index (χ0) is 20.7. The zero-order valence-corrected chi connectivity index (χ0v) is 17.1. The van der Waals surface area contributed by atoms with Crippen molar-refractivity contribution in [3.8, 4) is 0 Å². The number of aryl methyl sites for hydroxylation is 1. The van der Waals surface area contributed by atoms with E-state index in [1.165, 1.54) is 34.1 Å². The molecule has 2 aliphatic heterocycles. The second-order valence-corrected chi connectivity index (χ2v) is 8.74. The van der Waals surface area contributed by atoms with E-state index in [0.29, 0.717) is 15.6 Å². The highest BCUT2D eigenvalue weighted by molar-refractivity contribution is 8.00. The molecule has 2 N–H and O–H groups in total. The van der Waals surface area contributed by atoms with Crippen molar-refractivity contribution in [3.05, 3.63) is 27.6 Å². The summed E-state index contributed by atoms with van der Waals surface area (Å²) in [4.78, 5) is 38.1. The number of carbonyl (C=O) groups excluding carboxylic acids is 2. The molecule has 2 amide bonds. The minimum atomic E-state index is -1.26. The fourth-order valence-corrected chi connectivity index (χ4v) is 5.37. The van der Waals surface area contributed by atoms with E-state index < -0.39 is 29.2 Å². The second-order valence-electron chi connectivity index (χ2n) is 6.05. The van der Waals surface area contributed by atoms with Gasteiger partial charge in [-0.15, -0.1) is 27.1 Å². The number of carboxylic acid groups (broad SMARTS) is 1. The van der Waals surface area contributed by atoms with Crippen LogP contribution in [0.2, 0.25) is 0 Å². The highest BCUT2D eigenvalue weighted by Crippen LogP contribution is 2.41. The molecule has 0 radical (unpaired) electrons. The Morgan fingerprint density at radius 1 is 1.41 bits per heavy atom. The summed E-state index contributed by atoms with van der Waals surface area (Å²) in [5.74, 6) is -1.96. The van der Waals surface area contributed by atoms with Crippen molar-refractivity contribution in [2.24, 2.45) is 0 Å². The largest absolute Gasteiger partial charge is 0.477 e. The van der Waals surface area contributed by atoms with E-state index in [1.54, 1.807) is 6.92 Å². The van der Waals surface area contributed by atoms with Crippen LogP contribution in [-0.4, -0.2) is 80.2 Å². The van der Waals surface area contributed by atoms with Gasteiger partial charge in [0.2, 0.25) is 5.91 Å². The highest BCUT2D eigenvalue weighted by Gasteiger charge is 2.54. The third-order valence-corrected chi connectivity index (χ3v) is 6.88. The van der Waals surface area contributed by atoms with Crippen molar-refractivity contribution in [1.82, 2.24) is 40.6 Å². The number of amides is 2. The molecule has 4 rings (SSSR count). The first-order valence-electron chi connectivity index (χ1n) is 8.13. The van der Waals surface area contributed by atoms with Crippen LogP contribution in [0.4, 0.5) is 0 Å². The van der Waals surface area contributed by atoms with Crippen LogP contribution in [-0.2, 0) is 20.9 Å². The van der Waals surface area contributed by atoms with Gasteiger partial charge in [0.15, 0.2) is 5.01 Å². The third kappa shape index (κ3) is 3.51. The van der Waals surface area contributed by atoms with Gasteiger partial charge < -0.3 is 10.4 Å². The van der Waals surface area contributed by atoms with Crippen LogP contribution in [0.3, 0.4) is 0 Å². The Morgan fingerprint density at radius 2 is 2.21 bits per heavy atom. The first-order valence-corrected chi connectivity index (χ1v) is 10.4. The molecule has 0 saturated carbocycles. The normalized spacial score (nSPS) is 20.9. The fraction of sp³-hybridized carbons (Fsp3) is 0.357. The Morgan fingerprint density at radius 3 is 2.83 bits per heavy atom. The van der Waals surface area contributed by atoms with Gasteiger partial charge >= 0.3 is 5.97 Å². The summed E-state index contributed by atoms with van der Waals surface area (Å²) in [6, 6.07) is -0.836. The van der Waals surface area contributed by atoms with Crippen LogP contribution in [0.15, 0.2) is 17.6 Å². The van der Waals surface area contributed by atoms with Crippen molar-refractivity contribution < 1.29 is 19.5 Å². The summed E-state index contributed by atoms with van der Waals surface area (Å²) in [5.41, 5.74) is 0.166. The van der Waals surface area contributed by atoms with Crippen LogP contribution in [0.1, 0.15) is 10.0 Å². The molecule has 2 unspecified atom stereocenters. The molecule has 0 aliphatic carbocycles. The number of thiocarbonyl (C=S) groups is 1. The van der Waals surface area contributed by atoms with Crippen molar-refractivity contribution in [3.63, 3.8) is 0 Å². The van der Waals surface area contributed by atoms with Crippen LogP contribution < -0.4 is 5.32 Å². The monoisotopic (exact) mass is 452 g/mol. The van der Waals surface area contributed by atoms with Gasteiger partial charge in [-0.25, -0.2) is 9.48 Å². The van der Waals surface area contributed by atoms with Crippen LogP contribution in [0.5, 0.6) is 0 Å². The molecule has 1 saturated heterocycles. The van der Waals surface area contributed by atoms with Gasteiger partial charge in [0.25, 0.3) is 5.91 Å². The molecule has 4 heterocycles. The molecule has 12 nitrogen and oxygen atoms in total. The number of carbonyl (C=O) groups is 3. The number of carboxylic acids is 1. The molecule has 1 fully saturated rings. The van der Waals surface area contributed by atoms with Crippen molar-refractivity contribution in [2.45, 2.75) is 24.9 Å². The zero-order valence-electron chi connectivity index (χ0n) is 14.7. The summed E-state index contributed by atoms with van der Waals surface area (Å²) in [6.07, 6.45) is 1.28. The average Bonchev–Trinajstić information content (AvgIpc) is 3.35. The van der Waals surface area contributed by atoms with Gasteiger partial charge in [-0.2, -0.15) is 0 Å². The number of hydrogen-bond acceptors (Lipinski definition) is 11. The number of nitrogens with one attached hydrogen (secondary N) is 1. The molecule has 150 valence electrons. The minimum Gasteiger partial charge on any atom is -0.477 e.